The van der Waals surface area contributed by atoms with E-state index in [4.69, 9.17) is 9.15 Å². The van der Waals surface area contributed by atoms with Crippen LogP contribution in [0.2, 0.25) is 0 Å². The lowest BCUT2D eigenvalue weighted by molar-refractivity contribution is 0.101. The van der Waals surface area contributed by atoms with Gasteiger partial charge in [-0.05, 0) is 26.0 Å². The van der Waals surface area contributed by atoms with Crippen LogP contribution in [-0.2, 0) is 5.60 Å². The van der Waals surface area contributed by atoms with Crippen molar-refractivity contribution in [2.75, 3.05) is 6.61 Å². The first-order chi connectivity index (χ1) is 8.14. The fourth-order valence-electron chi connectivity index (χ4n) is 1.64. The molecule has 0 saturated carbocycles. The summed E-state index contributed by atoms with van der Waals surface area (Å²) in [5.74, 6) is 0.647. The van der Waals surface area contributed by atoms with Crippen LogP contribution >= 0.6 is 0 Å². The molecule has 0 spiro atoms. The molecule has 1 unspecified atom stereocenters. The van der Waals surface area contributed by atoms with Crippen molar-refractivity contribution < 1.29 is 14.3 Å². The van der Waals surface area contributed by atoms with Gasteiger partial charge in [-0.15, -0.1) is 0 Å². The minimum Gasteiger partial charge on any atom is -0.492 e. The number of aliphatic hydroxyl groups is 1. The fourth-order valence-corrected chi connectivity index (χ4v) is 1.64. The minimum absolute atomic E-state index is 0.568. The zero-order valence-electron chi connectivity index (χ0n) is 9.88. The van der Waals surface area contributed by atoms with Crippen LogP contribution in [0.3, 0.4) is 0 Å². The lowest BCUT2D eigenvalue weighted by Gasteiger charge is -2.22. The maximum Gasteiger partial charge on any atom is 0.137 e. The summed E-state index contributed by atoms with van der Waals surface area (Å²) < 4.78 is 10.4. The van der Waals surface area contributed by atoms with Gasteiger partial charge in [-0.1, -0.05) is 0 Å². The monoisotopic (exact) mass is 233 g/mol. The SMILES string of the molecule is CCOc1cncc(C(C)(O)c2ccoc2)c1. The standard InChI is InChI=1S/C13H15NO3/c1-3-17-12-6-11(7-14-8-12)13(2,15)10-4-5-16-9-10/h4-9,15H,3H2,1-2H3. The molecule has 0 aliphatic heterocycles. The predicted octanol–water partition coefficient (Wildman–Crippen LogP) is 2.33. The molecule has 1 N–H and O–H groups in total. The summed E-state index contributed by atoms with van der Waals surface area (Å²) in [4.78, 5) is 4.06. The van der Waals surface area contributed by atoms with Gasteiger partial charge in [-0.3, -0.25) is 4.98 Å². The lowest BCUT2D eigenvalue weighted by Crippen LogP contribution is -2.22. The number of furan rings is 1. The van der Waals surface area contributed by atoms with Crippen molar-refractivity contribution >= 4 is 0 Å². The molecule has 0 aliphatic rings. The van der Waals surface area contributed by atoms with Crippen molar-refractivity contribution in [2.24, 2.45) is 0 Å². The molecule has 17 heavy (non-hydrogen) atoms. The molecular weight excluding hydrogens is 218 g/mol. The molecule has 0 amide bonds. The normalized spacial score (nSPS) is 14.3. The molecule has 2 aromatic rings. The molecule has 0 saturated heterocycles. The molecule has 0 radical (unpaired) electrons. The van der Waals surface area contributed by atoms with Crippen molar-refractivity contribution in [3.8, 4) is 5.75 Å². The third-order valence-electron chi connectivity index (χ3n) is 2.67. The third-order valence-corrected chi connectivity index (χ3v) is 2.67. The van der Waals surface area contributed by atoms with Crippen molar-refractivity contribution in [1.82, 2.24) is 4.98 Å². The summed E-state index contributed by atoms with van der Waals surface area (Å²) in [5.41, 5.74) is 0.227. The van der Waals surface area contributed by atoms with E-state index in [1.807, 2.05) is 6.92 Å². The number of rotatable bonds is 4. The highest BCUT2D eigenvalue weighted by Crippen LogP contribution is 2.30. The molecule has 1 atom stereocenters. The summed E-state index contributed by atoms with van der Waals surface area (Å²) in [7, 11) is 0. The summed E-state index contributed by atoms with van der Waals surface area (Å²) in [5, 5.41) is 10.5. The Hall–Kier alpha value is -1.81. The minimum atomic E-state index is -1.13. The highest BCUT2D eigenvalue weighted by Gasteiger charge is 2.27. The summed E-state index contributed by atoms with van der Waals surface area (Å²) in [6.45, 7) is 4.17. The lowest BCUT2D eigenvalue weighted by atomic mass is 9.91. The number of aromatic nitrogens is 1. The van der Waals surface area contributed by atoms with E-state index in [2.05, 4.69) is 4.98 Å². The summed E-state index contributed by atoms with van der Waals surface area (Å²) >= 11 is 0. The fraction of sp³-hybridized carbons (Fsp3) is 0.308. The molecular formula is C13H15NO3. The Labute approximate surface area is 99.9 Å². The van der Waals surface area contributed by atoms with Gasteiger partial charge in [0.15, 0.2) is 0 Å². The van der Waals surface area contributed by atoms with Gasteiger partial charge >= 0.3 is 0 Å². The second kappa shape index (κ2) is 4.59. The highest BCUT2D eigenvalue weighted by atomic mass is 16.5. The van der Waals surface area contributed by atoms with E-state index < -0.39 is 5.60 Å². The molecule has 2 rings (SSSR count). The number of pyridine rings is 1. The van der Waals surface area contributed by atoms with Gasteiger partial charge in [0, 0.05) is 17.3 Å². The number of hydrogen-bond acceptors (Lipinski definition) is 4. The van der Waals surface area contributed by atoms with Crippen LogP contribution in [-0.4, -0.2) is 16.7 Å². The average Bonchev–Trinajstić information content (AvgIpc) is 2.84. The van der Waals surface area contributed by atoms with Crippen LogP contribution in [0.1, 0.15) is 25.0 Å². The number of ether oxygens (including phenoxy) is 1. The van der Waals surface area contributed by atoms with Crippen LogP contribution in [0.15, 0.2) is 41.5 Å². The van der Waals surface area contributed by atoms with E-state index in [0.29, 0.717) is 23.5 Å². The number of nitrogens with zero attached hydrogens (tertiary/aromatic N) is 1. The summed E-state index contributed by atoms with van der Waals surface area (Å²) in [6.07, 6.45) is 6.30. The second-order valence-electron chi connectivity index (χ2n) is 3.93. The smallest absolute Gasteiger partial charge is 0.137 e. The van der Waals surface area contributed by atoms with Crippen LogP contribution in [0.25, 0.3) is 0 Å². The Balaban J connectivity index is 2.36. The third kappa shape index (κ3) is 2.31. The van der Waals surface area contributed by atoms with Gasteiger partial charge in [-0.25, -0.2) is 0 Å². The predicted molar refractivity (Wildman–Crippen MR) is 62.8 cm³/mol. The van der Waals surface area contributed by atoms with Gasteiger partial charge in [0.25, 0.3) is 0 Å². The second-order valence-corrected chi connectivity index (χ2v) is 3.93. The van der Waals surface area contributed by atoms with Gasteiger partial charge in [-0.2, -0.15) is 0 Å². The van der Waals surface area contributed by atoms with E-state index in [0.717, 1.165) is 0 Å². The first-order valence-corrected chi connectivity index (χ1v) is 5.48. The first kappa shape index (κ1) is 11.7. The van der Waals surface area contributed by atoms with Crippen molar-refractivity contribution in [3.63, 3.8) is 0 Å². The molecule has 90 valence electrons. The summed E-state index contributed by atoms with van der Waals surface area (Å²) in [6, 6.07) is 3.51. The Morgan fingerprint density at radius 3 is 2.88 bits per heavy atom. The van der Waals surface area contributed by atoms with E-state index in [1.54, 1.807) is 31.5 Å². The van der Waals surface area contributed by atoms with Gasteiger partial charge < -0.3 is 14.3 Å². The van der Waals surface area contributed by atoms with Crippen molar-refractivity contribution in [3.05, 3.63) is 48.2 Å². The molecule has 0 bridgehead atoms. The maximum absolute atomic E-state index is 10.5. The Bertz CT molecular complexity index is 477. The molecule has 2 aromatic heterocycles. The maximum atomic E-state index is 10.5. The molecule has 4 nitrogen and oxygen atoms in total. The average molecular weight is 233 g/mol. The van der Waals surface area contributed by atoms with Crippen molar-refractivity contribution in [2.45, 2.75) is 19.4 Å². The van der Waals surface area contributed by atoms with Gasteiger partial charge in [0.2, 0.25) is 0 Å². The highest BCUT2D eigenvalue weighted by molar-refractivity contribution is 5.35. The van der Waals surface area contributed by atoms with E-state index in [-0.39, 0.29) is 0 Å². The molecule has 0 aliphatic carbocycles. The first-order valence-electron chi connectivity index (χ1n) is 5.48. The zero-order valence-corrected chi connectivity index (χ0v) is 9.88. The van der Waals surface area contributed by atoms with E-state index >= 15 is 0 Å². The molecule has 0 fully saturated rings. The molecule has 2 heterocycles. The Kier molecular flexibility index (Phi) is 3.15. The van der Waals surface area contributed by atoms with Gasteiger partial charge in [0.1, 0.15) is 11.4 Å². The quantitative estimate of drug-likeness (QED) is 0.880. The zero-order chi connectivity index (χ0) is 12.3. The van der Waals surface area contributed by atoms with Crippen LogP contribution < -0.4 is 4.74 Å². The number of hydrogen-bond donors (Lipinski definition) is 1. The molecule has 0 aromatic carbocycles. The van der Waals surface area contributed by atoms with Gasteiger partial charge in [0.05, 0.1) is 25.3 Å². The topological polar surface area (TPSA) is 55.5 Å². The Morgan fingerprint density at radius 1 is 1.41 bits per heavy atom. The largest absolute Gasteiger partial charge is 0.492 e. The van der Waals surface area contributed by atoms with Crippen LogP contribution in [0.4, 0.5) is 0 Å². The van der Waals surface area contributed by atoms with Crippen LogP contribution in [0.5, 0.6) is 5.75 Å². The van der Waals surface area contributed by atoms with Crippen LogP contribution in [0, 0.1) is 0 Å². The Morgan fingerprint density at radius 2 is 2.24 bits per heavy atom. The van der Waals surface area contributed by atoms with Crippen molar-refractivity contribution in [1.29, 1.82) is 0 Å². The van der Waals surface area contributed by atoms with E-state index in [1.165, 1.54) is 12.5 Å². The van der Waals surface area contributed by atoms with E-state index in [9.17, 15) is 5.11 Å². The molecule has 4 heteroatoms.